The lowest BCUT2D eigenvalue weighted by Gasteiger charge is -2.02. The Balaban J connectivity index is 2.09. The molecule has 0 aliphatic carbocycles. The first-order chi connectivity index (χ1) is 11.1. The molecule has 0 fully saturated rings. The molecular formula is C17H16ClN3S2. The Kier molecular flexibility index (Phi) is 5.10. The zero-order valence-corrected chi connectivity index (χ0v) is 15.2. The summed E-state index contributed by atoms with van der Waals surface area (Å²) in [5.41, 5.74) is 1.94. The van der Waals surface area contributed by atoms with Crippen molar-refractivity contribution in [2.75, 3.05) is 0 Å². The van der Waals surface area contributed by atoms with Gasteiger partial charge >= 0.3 is 0 Å². The number of thiazole rings is 1. The first kappa shape index (κ1) is 16.2. The average molecular weight is 362 g/mol. The van der Waals surface area contributed by atoms with Gasteiger partial charge in [0.15, 0.2) is 0 Å². The number of halogens is 1. The first-order valence-corrected chi connectivity index (χ1v) is 9.36. The van der Waals surface area contributed by atoms with Crippen LogP contribution in [-0.4, -0.2) is 16.9 Å². The van der Waals surface area contributed by atoms with Crippen LogP contribution in [0.2, 0.25) is 5.02 Å². The Hall–Kier alpha value is -1.69. The summed E-state index contributed by atoms with van der Waals surface area (Å²) in [4.78, 5) is 6.71. The Labute approximate surface area is 148 Å². The van der Waals surface area contributed by atoms with Crippen LogP contribution in [0, 0.1) is 0 Å². The molecule has 2 aromatic heterocycles. The van der Waals surface area contributed by atoms with E-state index in [1.54, 1.807) is 28.9 Å². The van der Waals surface area contributed by atoms with E-state index in [0.717, 1.165) is 16.1 Å². The molecule has 3 rings (SSSR count). The normalized spacial score (nSPS) is 12.6. The van der Waals surface area contributed by atoms with Gasteiger partial charge in [-0.05, 0) is 31.4 Å². The highest BCUT2D eigenvalue weighted by Gasteiger charge is 2.08. The van der Waals surface area contributed by atoms with Gasteiger partial charge in [0.25, 0.3) is 0 Å². The fourth-order valence-electron chi connectivity index (χ4n) is 2.02. The molecule has 0 atom stereocenters. The number of aromatic nitrogens is 1. The van der Waals surface area contributed by atoms with E-state index in [2.05, 4.69) is 40.8 Å². The highest BCUT2D eigenvalue weighted by molar-refractivity contribution is 7.14. The molecule has 0 aliphatic heterocycles. The molecule has 0 saturated carbocycles. The maximum atomic E-state index is 6.21. The molecule has 0 radical (unpaired) electrons. The number of benzene rings is 1. The molecule has 0 aliphatic rings. The Morgan fingerprint density at radius 3 is 2.65 bits per heavy atom. The topological polar surface area (TPSA) is 29.6 Å². The largest absolute Gasteiger partial charge is 0.255 e. The molecule has 0 unspecified atom stereocenters. The minimum absolute atomic E-state index is 0.214. The van der Waals surface area contributed by atoms with Crippen molar-refractivity contribution in [1.82, 2.24) is 4.68 Å². The van der Waals surface area contributed by atoms with Crippen molar-refractivity contribution in [2.45, 2.75) is 19.9 Å². The second-order valence-corrected chi connectivity index (χ2v) is 7.37. The number of nitrogens with zero attached hydrogens (tertiary/aromatic N) is 3. The lowest BCUT2D eigenvalue weighted by atomic mass is 10.2. The van der Waals surface area contributed by atoms with Crippen molar-refractivity contribution in [3.05, 3.63) is 62.5 Å². The summed E-state index contributed by atoms with van der Waals surface area (Å²) in [7, 11) is 0. The zero-order valence-electron chi connectivity index (χ0n) is 12.8. The van der Waals surface area contributed by atoms with Crippen LogP contribution in [0.15, 0.2) is 57.3 Å². The van der Waals surface area contributed by atoms with Crippen LogP contribution in [0.25, 0.3) is 10.6 Å². The van der Waals surface area contributed by atoms with Crippen LogP contribution in [0.1, 0.15) is 19.4 Å². The highest BCUT2D eigenvalue weighted by Crippen LogP contribution is 2.25. The van der Waals surface area contributed by atoms with Gasteiger partial charge in [-0.2, -0.15) is 5.10 Å². The van der Waals surface area contributed by atoms with E-state index in [4.69, 9.17) is 11.6 Å². The van der Waals surface area contributed by atoms with Crippen LogP contribution in [0.3, 0.4) is 0 Å². The molecule has 0 N–H and O–H groups in total. The van der Waals surface area contributed by atoms with Crippen molar-refractivity contribution >= 4 is 40.5 Å². The van der Waals surface area contributed by atoms with E-state index in [0.29, 0.717) is 5.02 Å². The SMILES string of the molecule is CC(C)N=c1scc(-c2cccs2)n1N=Cc1ccccc1Cl. The van der Waals surface area contributed by atoms with Gasteiger partial charge in [0.2, 0.25) is 4.80 Å². The maximum absolute atomic E-state index is 6.21. The van der Waals surface area contributed by atoms with Crippen molar-refractivity contribution in [3.63, 3.8) is 0 Å². The van der Waals surface area contributed by atoms with Crippen LogP contribution in [0.4, 0.5) is 0 Å². The van der Waals surface area contributed by atoms with E-state index >= 15 is 0 Å². The standard InChI is InChI=1S/C17H16ClN3S2/c1-12(2)20-17-21(15(11-23-17)16-8-5-9-22-16)19-10-13-6-3-4-7-14(13)18/h3-12H,1-2H3. The molecule has 2 heterocycles. The Morgan fingerprint density at radius 2 is 1.96 bits per heavy atom. The molecule has 3 aromatic rings. The van der Waals surface area contributed by atoms with Gasteiger partial charge in [-0.1, -0.05) is 35.9 Å². The molecule has 0 amide bonds. The molecule has 118 valence electrons. The molecule has 0 bridgehead atoms. The van der Waals surface area contributed by atoms with Crippen LogP contribution in [0.5, 0.6) is 0 Å². The lowest BCUT2D eigenvalue weighted by molar-refractivity contribution is 0.755. The summed E-state index contributed by atoms with van der Waals surface area (Å²) in [6, 6.07) is 12.0. The van der Waals surface area contributed by atoms with Gasteiger partial charge in [0, 0.05) is 22.0 Å². The third kappa shape index (κ3) is 3.80. The predicted molar refractivity (Wildman–Crippen MR) is 101 cm³/mol. The monoisotopic (exact) mass is 361 g/mol. The predicted octanol–water partition coefficient (Wildman–Crippen LogP) is 5.12. The molecular weight excluding hydrogens is 346 g/mol. The second-order valence-electron chi connectivity index (χ2n) is 5.18. The Morgan fingerprint density at radius 1 is 1.13 bits per heavy atom. The highest BCUT2D eigenvalue weighted by atomic mass is 35.5. The average Bonchev–Trinajstić information content (AvgIpc) is 3.15. The van der Waals surface area contributed by atoms with Crippen molar-refractivity contribution in [3.8, 4) is 10.6 Å². The first-order valence-electron chi connectivity index (χ1n) is 7.22. The fraction of sp³-hybridized carbons (Fsp3) is 0.176. The van der Waals surface area contributed by atoms with Gasteiger partial charge in [-0.25, -0.2) is 4.68 Å². The quantitative estimate of drug-likeness (QED) is 0.577. The molecule has 0 spiro atoms. The van der Waals surface area contributed by atoms with Gasteiger partial charge in [0.05, 0.1) is 16.8 Å². The van der Waals surface area contributed by atoms with Gasteiger partial charge in [-0.15, -0.1) is 22.7 Å². The van der Waals surface area contributed by atoms with Crippen LogP contribution < -0.4 is 4.80 Å². The third-order valence-electron chi connectivity index (χ3n) is 3.05. The second kappa shape index (κ2) is 7.25. The summed E-state index contributed by atoms with van der Waals surface area (Å²) < 4.78 is 1.89. The van der Waals surface area contributed by atoms with E-state index < -0.39 is 0 Å². The molecule has 0 saturated heterocycles. The fourth-order valence-corrected chi connectivity index (χ4v) is 3.96. The van der Waals surface area contributed by atoms with Crippen molar-refractivity contribution in [2.24, 2.45) is 10.1 Å². The summed E-state index contributed by atoms with van der Waals surface area (Å²) in [5.74, 6) is 0. The molecule has 23 heavy (non-hydrogen) atoms. The Bertz CT molecular complexity index is 873. The van der Waals surface area contributed by atoms with Crippen molar-refractivity contribution < 1.29 is 0 Å². The van der Waals surface area contributed by atoms with Gasteiger partial charge < -0.3 is 0 Å². The smallest absolute Gasteiger partial charge is 0.206 e. The van der Waals surface area contributed by atoms with Gasteiger partial charge in [0.1, 0.15) is 0 Å². The number of hydrogen-bond acceptors (Lipinski definition) is 4. The van der Waals surface area contributed by atoms with Crippen LogP contribution in [-0.2, 0) is 0 Å². The van der Waals surface area contributed by atoms with E-state index in [1.165, 1.54) is 4.88 Å². The summed E-state index contributed by atoms with van der Waals surface area (Å²) in [6.45, 7) is 4.12. The summed E-state index contributed by atoms with van der Waals surface area (Å²) in [5, 5.41) is 9.48. The van der Waals surface area contributed by atoms with E-state index in [-0.39, 0.29) is 6.04 Å². The third-order valence-corrected chi connectivity index (χ3v) is 5.11. The maximum Gasteiger partial charge on any atom is 0.206 e. The summed E-state index contributed by atoms with van der Waals surface area (Å²) >= 11 is 9.50. The number of thiophene rings is 1. The number of rotatable bonds is 4. The minimum atomic E-state index is 0.214. The lowest BCUT2D eigenvalue weighted by Crippen LogP contribution is -2.14. The molecule has 1 aromatic carbocycles. The molecule has 6 heteroatoms. The number of hydrogen-bond donors (Lipinski definition) is 0. The van der Waals surface area contributed by atoms with Crippen LogP contribution >= 0.6 is 34.3 Å². The van der Waals surface area contributed by atoms with Crippen molar-refractivity contribution in [1.29, 1.82) is 0 Å². The van der Waals surface area contributed by atoms with Gasteiger partial charge in [-0.3, -0.25) is 4.99 Å². The zero-order chi connectivity index (χ0) is 16.2. The van der Waals surface area contributed by atoms with E-state index in [9.17, 15) is 0 Å². The minimum Gasteiger partial charge on any atom is -0.255 e. The van der Waals surface area contributed by atoms with E-state index in [1.807, 2.05) is 35.0 Å². The molecule has 3 nitrogen and oxygen atoms in total. The summed E-state index contributed by atoms with van der Waals surface area (Å²) in [6.07, 6.45) is 1.78.